The van der Waals surface area contributed by atoms with E-state index in [1.807, 2.05) is 6.92 Å². The highest BCUT2D eigenvalue weighted by Crippen LogP contribution is 2.34. The van der Waals surface area contributed by atoms with Gasteiger partial charge < -0.3 is 14.8 Å². The molecule has 0 atom stereocenters. The lowest BCUT2D eigenvalue weighted by molar-refractivity contribution is 0.102. The molecule has 0 saturated heterocycles. The first kappa shape index (κ1) is 19.3. The van der Waals surface area contributed by atoms with Gasteiger partial charge in [-0.25, -0.2) is 8.78 Å². The van der Waals surface area contributed by atoms with Gasteiger partial charge in [-0.15, -0.1) is 0 Å². The molecule has 3 rings (SSSR count). The van der Waals surface area contributed by atoms with Crippen LogP contribution in [-0.2, 0) is 6.54 Å². The van der Waals surface area contributed by atoms with Crippen LogP contribution in [0.1, 0.15) is 17.4 Å². The molecule has 146 valence electrons. The number of anilines is 1. The van der Waals surface area contributed by atoms with Crippen LogP contribution in [0.2, 0.25) is 0 Å². The van der Waals surface area contributed by atoms with Crippen molar-refractivity contribution >= 4 is 11.6 Å². The third-order valence-corrected chi connectivity index (χ3v) is 4.20. The van der Waals surface area contributed by atoms with E-state index < -0.39 is 23.2 Å². The van der Waals surface area contributed by atoms with Crippen molar-refractivity contribution in [2.75, 3.05) is 19.5 Å². The first-order chi connectivity index (χ1) is 13.5. The number of ether oxygens (including phenoxy) is 2. The van der Waals surface area contributed by atoms with Crippen molar-refractivity contribution in [3.63, 3.8) is 0 Å². The topological polar surface area (TPSA) is 65.4 Å². The second kappa shape index (κ2) is 8.08. The standard InChI is InChI=1S/C20H19F2N3O3/c1-4-25-17(13-10-12(27-2)8-9-18(13)28-3)11-16(24-25)20(26)23-19-14(21)6-5-7-15(19)22/h5-11H,4H2,1-3H3,(H,23,26). The number of hydrogen-bond acceptors (Lipinski definition) is 4. The predicted molar refractivity (Wildman–Crippen MR) is 101 cm³/mol. The zero-order chi connectivity index (χ0) is 20.3. The molecule has 0 fully saturated rings. The Kier molecular flexibility index (Phi) is 5.58. The Balaban J connectivity index is 2.00. The lowest BCUT2D eigenvalue weighted by atomic mass is 10.1. The number of hydrogen-bond donors (Lipinski definition) is 1. The minimum atomic E-state index is -0.863. The van der Waals surface area contributed by atoms with Crippen molar-refractivity contribution in [1.82, 2.24) is 9.78 Å². The Morgan fingerprint density at radius 1 is 1.11 bits per heavy atom. The molecule has 0 spiro atoms. The smallest absolute Gasteiger partial charge is 0.276 e. The number of carbonyl (C=O) groups is 1. The normalized spacial score (nSPS) is 10.6. The van der Waals surface area contributed by atoms with Crippen molar-refractivity contribution in [3.8, 4) is 22.8 Å². The number of rotatable bonds is 6. The Hall–Kier alpha value is -3.42. The molecule has 1 aromatic heterocycles. The number of nitrogens with zero attached hydrogens (tertiary/aromatic N) is 2. The van der Waals surface area contributed by atoms with E-state index in [4.69, 9.17) is 9.47 Å². The molecule has 0 unspecified atom stereocenters. The SMILES string of the molecule is CCn1nc(C(=O)Nc2c(F)cccc2F)cc1-c1cc(OC)ccc1OC. The molecule has 8 heteroatoms. The van der Waals surface area contributed by atoms with Crippen molar-refractivity contribution in [2.24, 2.45) is 0 Å². The van der Waals surface area contributed by atoms with Crippen LogP contribution in [0, 0.1) is 11.6 Å². The molecule has 2 aromatic carbocycles. The zero-order valence-corrected chi connectivity index (χ0v) is 15.6. The molecule has 6 nitrogen and oxygen atoms in total. The fraction of sp³-hybridized carbons (Fsp3) is 0.200. The Labute approximate surface area is 160 Å². The van der Waals surface area contributed by atoms with Crippen molar-refractivity contribution < 1.29 is 23.0 Å². The van der Waals surface area contributed by atoms with Gasteiger partial charge >= 0.3 is 0 Å². The number of aromatic nitrogens is 2. The van der Waals surface area contributed by atoms with Gasteiger partial charge in [-0.3, -0.25) is 9.48 Å². The quantitative estimate of drug-likeness (QED) is 0.691. The molecule has 0 saturated carbocycles. The van der Waals surface area contributed by atoms with E-state index in [2.05, 4.69) is 10.4 Å². The maximum absolute atomic E-state index is 13.8. The van der Waals surface area contributed by atoms with Crippen LogP contribution in [0.25, 0.3) is 11.3 Å². The number of halogens is 2. The highest BCUT2D eigenvalue weighted by molar-refractivity contribution is 6.03. The van der Waals surface area contributed by atoms with Gasteiger partial charge in [-0.05, 0) is 43.3 Å². The van der Waals surface area contributed by atoms with E-state index in [1.54, 1.807) is 30.0 Å². The third-order valence-electron chi connectivity index (χ3n) is 4.20. The van der Waals surface area contributed by atoms with Crippen LogP contribution in [0.3, 0.4) is 0 Å². The molecule has 0 aliphatic heterocycles. The average Bonchev–Trinajstić information content (AvgIpc) is 3.14. The summed E-state index contributed by atoms with van der Waals surface area (Å²) in [5, 5.41) is 6.50. The van der Waals surface area contributed by atoms with E-state index in [0.717, 1.165) is 12.1 Å². The number of benzene rings is 2. The molecule has 1 amide bonds. The van der Waals surface area contributed by atoms with Crippen molar-refractivity contribution in [1.29, 1.82) is 0 Å². The van der Waals surface area contributed by atoms with Crippen molar-refractivity contribution in [3.05, 3.63) is 59.8 Å². The summed E-state index contributed by atoms with van der Waals surface area (Å²) in [7, 11) is 3.08. The van der Waals surface area contributed by atoms with E-state index in [-0.39, 0.29) is 5.69 Å². The van der Waals surface area contributed by atoms with E-state index >= 15 is 0 Å². The van der Waals surface area contributed by atoms with Crippen LogP contribution in [0.15, 0.2) is 42.5 Å². The zero-order valence-electron chi connectivity index (χ0n) is 15.6. The van der Waals surface area contributed by atoms with Crippen LogP contribution >= 0.6 is 0 Å². The Morgan fingerprint density at radius 2 is 1.82 bits per heavy atom. The van der Waals surface area contributed by atoms with Crippen LogP contribution in [0.4, 0.5) is 14.5 Å². The summed E-state index contributed by atoms with van der Waals surface area (Å²) in [4.78, 5) is 12.5. The summed E-state index contributed by atoms with van der Waals surface area (Å²) >= 11 is 0. The first-order valence-electron chi connectivity index (χ1n) is 8.54. The second-order valence-corrected chi connectivity index (χ2v) is 5.85. The largest absolute Gasteiger partial charge is 0.497 e. The number of methoxy groups -OCH3 is 2. The van der Waals surface area contributed by atoms with E-state index in [0.29, 0.717) is 29.3 Å². The molecule has 0 aliphatic carbocycles. The molecule has 0 aliphatic rings. The van der Waals surface area contributed by atoms with E-state index in [9.17, 15) is 13.6 Å². The maximum Gasteiger partial charge on any atom is 0.276 e. The van der Waals surface area contributed by atoms with Crippen LogP contribution in [0.5, 0.6) is 11.5 Å². The Bertz CT molecular complexity index is 998. The molecule has 0 bridgehead atoms. The lowest BCUT2D eigenvalue weighted by Gasteiger charge is -2.11. The summed E-state index contributed by atoms with van der Waals surface area (Å²) < 4.78 is 39.9. The van der Waals surface area contributed by atoms with Gasteiger partial charge in [-0.2, -0.15) is 5.10 Å². The summed E-state index contributed by atoms with van der Waals surface area (Å²) in [6.45, 7) is 2.33. The van der Waals surface area contributed by atoms with Gasteiger partial charge in [0, 0.05) is 12.1 Å². The highest BCUT2D eigenvalue weighted by Gasteiger charge is 2.20. The number of amides is 1. The van der Waals surface area contributed by atoms with Gasteiger partial charge in [-0.1, -0.05) is 6.07 Å². The number of para-hydroxylation sites is 1. The van der Waals surface area contributed by atoms with Crippen LogP contribution < -0.4 is 14.8 Å². The second-order valence-electron chi connectivity index (χ2n) is 5.85. The molecular formula is C20H19F2N3O3. The Morgan fingerprint density at radius 3 is 2.43 bits per heavy atom. The summed E-state index contributed by atoms with van der Waals surface area (Å²) in [5.41, 5.74) is 0.785. The summed E-state index contributed by atoms with van der Waals surface area (Å²) in [6, 6.07) is 10.2. The first-order valence-corrected chi connectivity index (χ1v) is 8.54. The van der Waals surface area contributed by atoms with Gasteiger partial charge in [0.1, 0.15) is 28.8 Å². The maximum atomic E-state index is 13.8. The summed E-state index contributed by atoms with van der Waals surface area (Å²) in [6.07, 6.45) is 0. The molecule has 1 N–H and O–H groups in total. The summed E-state index contributed by atoms with van der Waals surface area (Å²) in [5.74, 6) is -1.27. The van der Waals surface area contributed by atoms with Gasteiger partial charge in [0.15, 0.2) is 5.69 Å². The number of aryl methyl sites for hydroxylation is 1. The molecule has 1 heterocycles. The third kappa shape index (κ3) is 3.66. The monoisotopic (exact) mass is 387 g/mol. The molecule has 0 radical (unpaired) electrons. The highest BCUT2D eigenvalue weighted by atomic mass is 19.1. The molecule has 3 aromatic rings. The minimum absolute atomic E-state index is 0.0179. The number of nitrogens with one attached hydrogen (secondary N) is 1. The molecular weight excluding hydrogens is 368 g/mol. The van der Waals surface area contributed by atoms with Gasteiger partial charge in [0.05, 0.1) is 19.9 Å². The van der Waals surface area contributed by atoms with E-state index in [1.165, 1.54) is 19.2 Å². The van der Waals surface area contributed by atoms with Crippen LogP contribution in [-0.4, -0.2) is 29.9 Å². The predicted octanol–water partition coefficient (Wildman–Crippen LogP) is 4.12. The minimum Gasteiger partial charge on any atom is -0.497 e. The van der Waals surface area contributed by atoms with Crippen molar-refractivity contribution in [2.45, 2.75) is 13.5 Å². The van der Waals surface area contributed by atoms with Gasteiger partial charge in [0.2, 0.25) is 0 Å². The van der Waals surface area contributed by atoms with Gasteiger partial charge in [0.25, 0.3) is 5.91 Å². The average molecular weight is 387 g/mol. The molecule has 28 heavy (non-hydrogen) atoms. The number of carbonyl (C=O) groups excluding carboxylic acids is 1. The fourth-order valence-corrected chi connectivity index (χ4v) is 2.79. The fourth-order valence-electron chi connectivity index (χ4n) is 2.79. The lowest BCUT2D eigenvalue weighted by Crippen LogP contribution is -2.15.